The van der Waals surface area contributed by atoms with Crippen LogP contribution in [0.4, 0.5) is 5.13 Å². The lowest BCUT2D eigenvalue weighted by Gasteiger charge is -2.31. The van der Waals surface area contributed by atoms with E-state index in [1.807, 2.05) is 12.1 Å². The number of pyridine rings is 1. The Labute approximate surface area is 179 Å². The molecule has 0 spiro atoms. The number of primary sulfonamides is 1. The van der Waals surface area contributed by atoms with Crippen molar-refractivity contribution in [2.75, 3.05) is 24.5 Å². The predicted octanol–water partition coefficient (Wildman–Crippen LogP) is 1.91. The highest BCUT2D eigenvalue weighted by molar-refractivity contribution is 7.89. The van der Waals surface area contributed by atoms with Gasteiger partial charge in [-0.25, -0.2) is 23.5 Å². The number of hydrogen-bond acceptors (Lipinski definition) is 7. The monoisotopic (exact) mass is 445 g/mol. The molecule has 0 radical (unpaired) electrons. The first kappa shape index (κ1) is 20.7. The van der Waals surface area contributed by atoms with Crippen molar-refractivity contribution in [3.8, 4) is 0 Å². The molecule has 3 N–H and O–H groups in total. The van der Waals surface area contributed by atoms with Crippen molar-refractivity contribution in [2.45, 2.75) is 24.2 Å². The van der Waals surface area contributed by atoms with Gasteiger partial charge in [-0.15, -0.1) is 0 Å². The highest BCUT2D eigenvalue weighted by Gasteiger charge is 2.26. The molecule has 10 heteroatoms. The SMILES string of the molecule is NS(=O)(=O)c1ccc(CCNC(=O)C2CCN(c3nc4cccnc4s3)CC2)cc1. The van der Waals surface area contributed by atoms with Crippen LogP contribution >= 0.6 is 11.3 Å². The lowest BCUT2D eigenvalue weighted by molar-refractivity contribution is -0.125. The maximum Gasteiger partial charge on any atom is 0.238 e. The van der Waals surface area contributed by atoms with Crippen molar-refractivity contribution in [1.29, 1.82) is 0 Å². The van der Waals surface area contributed by atoms with E-state index in [-0.39, 0.29) is 16.7 Å². The Hall–Kier alpha value is -2.56. The quantitative estimate of drug-likeness (QED) is 0.598. The minimum absolute atomic E-state index is 0.00138. The third-order valence-electron chi connectivity index (χ3n) is 5.26. The van der Waals surface area contributed by atoms with Crippen LogP contribution in [0.15, 0.2) is 47.5 Å². The van der Waals surface area contributed by atoms with Crippen LogP contribution in [0.2, 0.25) is 0 Å². The lowest BCUT2D eigenvalue weighted by atomic mass is 9.96. The molecular weight excluding hydrogens is 422 g/mol. The number of fused-ring (bicyclic) bond motifs is 1. The Morgan fingerprint density at radius 3 is 2.60 bits per heavy atom. The molecule has 0 atom stereocenters. The molecule has 2 aromatic heterocycles. The number of nitrogens with two attached hydrogens (primary N) is 1. The van der Waals surface area contributed by atoms with Gasteiger partial charge >= 0.3 is 0 Å². The van der Waals surface area contributed by atoms with E-state index < -0.39 is 10.0 Å². The lowest BCUT2D eigenvalue weighted by Crippen LogP contribution is -2.41. The van der Waals surface area contributed by atoms with Crippen LogP contribution in [-0.2, 0) is 21.2 Å². The number of carbonyl (C=O) groups is 1. The molecule has 8 nitrogen and oxygen atoms in total. The van der Waals surface area contributed by atoms with Gasteiger partial charge in [0.25, 0.3) is 0 Å². The third kappa shape index (κ3) is 4.77. The van der Waals surface area contributed by atoms with E-state index in [1.54, 1.807) is 29.7 Å². The van der Waals surface area contributed by atoms with Crippen LogP contribution in [0.25, 0.3) is 10.3 Å². The summed E-state index contributed by atoms with van der Waals surface area (Å²) in [5.41, 5.74) is 1.86. The van der Waals surface area contributed by atoms with Crippen LogP contribution in [0, 0.1) is 5.92 Å². The molecule has 1 aliphatic rings. The zero-order valence-electron chi connectivity index (χ0n) is 16.3. The fourth-order valence-electron chi connectivity index (χ4n) is 3.55. The van der Waals surface area contributed by atoms with Crippen LogP contribution in [-0.4, -0.2) is 43.9 Å². The summed E-state index contributed by atoms with van der Waals surface area (Å²) in [6, 6.07) is 10.3. The number of aromatic nitrogens is 2. The highest BCUT2D eigenvalue weighted by Crippen LogP contribution is 2.30. The molecule has 1 amide bonds. The number of amides is 1. The Morgan fingerprint density at radius 1 is 1.20 bits per heavy atom. The maximum atomic E-state index is 12.5. The van der Waals surface area contributed by atoms with Gasteiger partial charge in [0, 0.05) is 31.7 Å². The van der Waals surface area contributed by atoms with Crippen molar-refractivity contribution in [2.24, 2.45) is 11.1 Å². The number of anilines is 1. The fraction of sp³-hybridized carbons (Fsp3) is 0.350. The van der Waals surface area contributed by atoms with Crippen molar-refractivity contribution >= 4 is 42.7 Å². The molecule has 0 saturated carbocycles. The molecule has 1 saturated heterocycles. The molecule has 4 rings (SSSR count). The largest absolute Gasteiger partial charge is 0.356 e. The van der Waals surface area contributed by atoms with Gasteiger partial charge in [0.05, 0.1) is 4.90 Å². The second kappa shape index (κ2) is 8.66. The third-order valence-corrected chi connectivity index (χ3v) is 7.23. The maximum absolute atomic E-state index is 12.5. The van der Waals surface area contributed by atoms with Crippen LogP contribution in [0.5, 0.6) is 0 Å². The smallest absolute Gasteiger partial charge is 0.238 e. The van der Waals surface area contributed by atoms with Crippen molar-refractivity contribution in [3.05, 3.63) is 48.2 Å². The molecular formula is C20H23N5O3S2. The molecule has 1 aliphatic heterocycles. The summed E-state index contributed by atoms with van der Waals surface area (Å²) < 4.78 is 22.6. The van der Waals surface area contributed by atoms with Gasteiger partial charge < -0.3 is 10.2 Å². The van der Waals surface area contributed by atoms with E-state index >= 15 is 0 Å². The van der Waals surface area contributed by atoms with Gasteiger partial charge in [-0.1, -0.05) is 23.5 Å². The van der Waals surface area contributed by atoms with Gasteiger partial charge in [-0.3, -0.25) is 4.79 Å². The number of thiazole rings is 1. The molecule has 0 aliphatic carbocycles. The van der Waals surface area contributed by atoms with Crippen LogP contribution in [0.1, 0.15) is 18.4 Å². The first-order valence-corrected chi connectivity index (χ1v) is 12.1. The molecule has 1 aromatic carbocycles. The van der Waals surface area contributed by atoms with E-state index in [9.17, 15) is 13.2 Å². The van der Waals surface area contributed by atoms with Gasteiger partial charge in [-0.05, 0) is 49.1 Å². The van der Waals surface area contributed by atoms with Crippen LogP contribution in [0.3, 0.4) is 0 Å². The van der Waals surface area contributed by atoms with E-state index in [4.69, 9.17) is 5.14 Å². The number of rotatable bonds is 6. The van der Waals surface area contributed by atoms with E-state index in [0.717, 1.165) is 47.0 Å². The summed E-state index contributed by atoms with van der Waals surface area (Å²) in [5, 5.41) is 9.06. The van der Waals surface area contributed by atoms with Crippen molar-refractivity contribution in [1.82, 2.24) is 15.3 Å². The Balaban J connectivity index is 1.24. The molecule has 30 heavy (non-hydrogen) atoms. The second-order valence-corrected chi connectivity index (χ2v) is 9.83. The minimum atomic E-state index is -3.68. The number of hydrogen-bond donors (Lipinski definition) is 2. The summed E-state index contributed by atoms with van der Waals surface area (Å²) in [4.78, 5) is 24.7. The number of benzene rings is 1. The van der Waals surface area contributed by atoms with E-state index in [2.05, 4.69) is 20.2 Å². The average Bonchev–Trinajstić information content (AvgIpc) is 3.18. The van der Waals surface area contributed by atoms with Crippen molar-refractivity contribution in [3.63, 3.8) is 0 Å². The minimum Gasteiger partial charge on any atom is -0.356 e. The fourth-order valence-corrected chi connectivity index (χ4v) is 5.02. The summed E-state index contributed by atoms with van der Waals surface area (Å²) >= 11 is 1.59. The first-order valence-electron chi connectivity index (χ1n) is 9.76. The molecule has 158 valence electrons. The number of nitrogens with one attached hydrogen (secondary N) is 1. The Morgan fingerprint density at radius 2 is 1.93 bits per heavy atom. The topological polar surface area (TPSA) is 118 Å². The highest BCUT2D eigenvalue weighted by atomic mass is 32.2. The normalized spacial score (nSPS) is 15.4. The van der Waals surface area contributed by atoms with Gasteiger partial charge in [0.1, 0.15) is 10.3 Å². The summed E-state index contributed by atoms with van der Waals surface area (Å²) in [7, 11) is -3.68. The van der Waals surface area contributed by atoms with Crippen molar-refractivity contribution < 1.29 is 13.2 Å². The summed E-state index contributed by atoms with van der Waals surface area (Å²) in [6.45, 7) is 2.11. The van der Waals surface area contributed by atoms with Crippen LogP contribution < -0.4 is 15.4 Å². The molecule has 3 aromatic rings. The number of carbonyl (C=O) groups excluding carboxylic acids is 1. The van der Waals surface area contributed by atoms with Gasteiger partial charge in [-0.2, -0.15) is 0 Å². The predicted molar refractivity (Wildman–Crippen MR) is 117 cm³/mol. The Kier molecular flexibility index (Phi) is 5.98. The summed E-state index contributed by atoms with van der Waals surface area (Å²) in [6.07, 6.45) is 3.99. The first-order chi connectivity index (χ1) is 14.4. The zero-order valence-corrected chi connectivity index (χ0v) is 18.0. The summed E-state index contributed by atoms with van der Waals surface area (Å²) in [5.74, 6) is 0.0697. The number of nitrogens with zero attached hydrogens (tertiary/aromatic N) is 3. The second-order valence-electron chi connectivity index (χ2n) is 7.32. The molecule has 0 bridgehead atoms. The van der Waals surface area contributed by atoms with Gasteiger partial charge in [0.2, 0.25) is 15.9 Å². The molecule has 3 heterocycles. The number of sulfonamides is 1. The van der Waals surface area contributed by atoms with Gasteiger partial charge in [0.15, 0.2) is 5.13 Å². The molecule has 0 unspecified atom stereocenters. The number of piperidine rings is 1. The Bertz CT molecular complexity index is 1100. The average molecular weight is 446 g/mol. The van der Waals surface area contributed by atoms with E-state index in [0.29, 0.717) is 13.0 Å². The standard InChI is InChI=1S/C20H23N5O3S2/c21-30(27,28)16-5-3-14(4-6-16)7-11-22-18(26)15-8-12-25(13-9-15)20-24-17-2-1-10-23-19(17)29-20/h1-6,10,15H,7-9,11-13H2,(H,22,26)(H2,21,27,28). The van der Waals surface area contributed by atoms with E-state index in [1.165, 1.54) is 12.1 Å². The zero-order chi connectivity index (χ0) is 21.1. The molecule has 1 fully saturated rings.